The molecule has 1 atom stereocenters. The topological polar surface area (TPSA) is 34.2 Å². The van der Waals surface area contributed by atoms with Crippen molar-refractivity contribution in [2.75, 3.05) is 14.2 Å². The van der Waals surface area contributed by atoms with Crippen molar-refractivity contribution in [1.82, 2.24) is 10.3 Å². The van der Waals surface area contributed by atoms with Gasteiger partial charge in [0, 0.05) is 11.9 Å². The fourth-order valence-electron chi connectivity index (χ4n) is 2.03. The SMILES string of the molecule is CNC(c1ccc(C)nc1)c1ccc(Cl)c(OC)c1. The van der Waals surface area contributed by atoms with Crippen LogP contribution in [-0.4, -0.2) is 19.1 Å². The van der Waals surface area contributed by atoms with Gasteiger partial charge in [0.15, 0.2) is 0 Å². The molecule has 3 nitrogen and oxygen atoms in total. The number of aryl methyl sites for hydroxylation is 1. The molecule has 0 saturated carbocycles. The lowest BCUT2D eigenvalue weighted by Crippen LogP contribution is -2.18. The van der Waals surface area contributed by atoms with E-state index in [1.165, 1.54) is 0 Å². The van der Waals surface area contributed by atoms with E-state index < -0.39 is 0 Å². The van der Waals surface area contributed by atoms with Crippen LogP contribution in [0.1, 0.15) is 22.9 Å². The molecule has 2 rings (SSSR count). The number of halogens is 1. The molecule has 1 unspecified atom stereocenters. The monoisotopic (exact) mass is 276 g/mol. The second-order valence-electron chi connectivity index (χ2n) is 4.35. The third kappa shape index (κ3) is 3.06. The number of rotatable bonds is 4. The minimum atomic E-state index is 0.0688. The van der Waals surface area contributed by atoms with Gasteiger partial charge >= 0.3 is 0 Å². The number of pyridine rings is 1. The normalized spacial score (nSPS) is 12.2. The molecule has 1 heterocycles. The molecule has 0 aliphatic heterocycles. The molecule has 0 amide bonds. The average molecular weight is 277 g/mol. The van der Waals surface area contributed by atoms with Gasteiger partial charge in [0.25, 0.3) is 0 Å². The molecule has 0 bridgehead atoms. The number of benzene rings is 1. The van der Waals surface area contributed by atoms with Gasteiger partial charge in [-0.25, -0.2) is 0 Å². The zero-order valence-corrected chi connectivity index (χ0v) is 12.0. The molecule has 1 aromatic heterocycles. The fourth-order valence-corrected chi connectivity index (χ4v) is 2.23. The van der Waals surface area contributed by atoms with E-state index in [1.54, 1.807) is 7.11 Å². The van der Waals surface area contributed by atoms with Crippen LogP contribution in [0.4, 0.5) is 0 Å². The number of nitrogens with one attached hydrogen (secondary N) is 1. The molecule has 0 spiro atoms. The van der Waals surface area contributed by atoms with E-state index in [9.17, 15) is 0 Å². The van der Waals surface area contributed by atoms with Gasteiger partial charge in [-0.2, -0.15) is 0 Å². The third-order valence-electron chi connectivity index (χ3n) is 3.06. The number of hydrogen-bond acceptors (Lipinski definition) is 3. The summed E-state index contributed by atoms with van der Waals surface area (Å²) in [6.45, 7) is 1.98. The summed E-state index contributed by atoms with van der Waals surface area (Å²) in [6, 6.07) is 9.94. The Morgan fingerprint density at radius 1 is 1.21 bits per heavy atom. The molecule has 0 fully saturated rings. The van der Waals surface area contributed by atoms with E-state index in [1.807, 2.05) is 44.4 Å². The maximum atomic E-state index is 6.05. The van der Waals surface area contributed by atoms with E-state index in [4.69, 9.17) is 16.3 Å². The minimum absolute atomic E-state index is 0.0688. The van der Waals surface area contributed by atoms with Crippen molar-refractivity contribution in [3.63, 3.8) is 0 Å². The fraction of sp³-hybridized carbons (Fsp3) is 0.267. The first kappa shape index (κ1) is 13.8. The second kappa shape index (κ2) is 6.04. The lowest BCUT2D eigenvalue weighted by atomic mass is 10.00. The third-order valence-corrected chi connectivity index (χ3v) is 3.38. The molecule has 1 aromatic carbocycles. The van der Waals surface area contributed by atoms with Crippen LogP contribution in [0.2, 0.25) is 5.02 Å². The van der Waals surface area contributed by atoms with Crippen LogP contribution in [-0.2, 0) is 0 Å². The number of hydrogen-bond donors (Lipinski definition) is 1. The van der Waals surface area contributed by atoms with E-state index in [-0.39, 0.29) is 6.04 Å². The van der Waals surface area contributed by atoms with Gasteiger partial charge in [0.1, 0.15) is 5.75 Å². The molecule has 0 saturated heterocycles. The number of aromatic nitrogens is 1. The van der Waals surface area contributed by atoms with Gasteiger partial charge in [-0.05, 0) is 43.3 Å². The summed E-state index contributed by atoms with van der Waals surface area (Å²) < 4.78 is 5.26. The van der Waals surface area contributed by atoms with E-state index in [0.717, 1.165) is 16.8 Å². The van der Waals surface area contributed by atoms with Crippen molar-refractivity contribution in [3.05, 3.63) is 58.4 Å². The molecule has 1 N–H and O–H groups in total. The first-order valence-electron chi connectivity index (χ1n) is 6.09. The molecule has 0 aliphatic carbocycles. The molecule has 0 radical (unpaired) electrons. The summed E-state index contributed by atoms with van der Waals surface area (Å²) in [7, 11) is 3.54. The Kier molecular flexibility index (Phi) is 4.40. The molecule has 19 heavy (non-hydrogen) atoms. The van der Waals surface area contributed by atoms with Crippen molar-refractivity contribution in [3.8, 4) is 5.75 Å². The lowest BCUT2D eigenvalue weighted by Gasteiger charge is -2.18. The van der Waals surface area contributed by atoms with Gasteiger partial charge in [-0.3, -0.25) is 4.98 Å². The standard InChI is InChI=1S/C15H17ClN2O/c1-10-4-5-12(9-18-10)15(17-2)11-6-7-13(16)14(8-11)19-3/h4-9,15,17H,1-3H3. The van der Waals surface area contributed by atoms with E-state index in [0.29, 0.717) is 10.8 Å². The van der Waals surface area contributed by atoms with Crippen molar-refractivity contribution in [1.29, 1.82) is 0 Å². The predicted molar refractivity (Wildman–Crippen MR) is 77.9 cm³/mol. The van der Waals surface area contributed by atoms with Crippen molar-refractivity contribution in [2.24, 2.45) is 0 Å². The van der Waals surface area contributed by atoms with Crippen molar-refractivity contribution in [2.45, 2.75) is 13.0 Å². The summed E-state index contributed by atoms with van der Waals surface area (Å²) in [5.41, 5.74) is 3.21. The molecular formula is C15H17ClN2O. The average Bonchev–Trinajstić information content (AvgIpc) is 2.43. The highest BCUT2D eigenvalue weighted by Gasteiger charge is 2.14. The maximum absolute atomic E-state index is 6.05. The van der Waals surface area contributed by atoms with Gasteiger partial charge in [0.2, 0.25) is 0 Å². The van der Waals surface area contributed by atoms with Crippen LogP contribution in [0.25, 0.3) is 0 Å². The summed E-state index contributed by atoms with van der Waals surface area (Å²) in [5.74, 6) is 0.680. The zero-order valence-electron chi connectivity index (χ0n) is 11.3. The van der Waals surface area contributed by atoms with Gasteiger partial charge in [-0.15, -0.1) is 0 Å². The maximum Gasteiger partial charge on any atom is 0.137 e. The van der Waals surface area contributed by atoms with Crippen LogP contribution in [0.3, 0.4) is 0 Å². The highest BCUT2D eigenvalue weighted by atomic mass is 35.5. The Bertz CT molecular complexity index is 555. The molecule has 4 heteroatoms. The van der Waals surface area contributed by atoms with Crippen LogP contribution < -0.4 is 10.1 Å². The largest absolute Gasteiger partial charge is 0.495 e. The van der Waals surface area contributed by atoms with Gasteiger partial charge in [0.05, 0.1) is 18.2 Å². The summed E-state index contributed by atoms with van der Waals surface area (Å²) in [4.78, 5) is 4.34. The predicted octanol–water partition coefficient (Wildman–Crippen LogP) is 3.36. The van der Waals surface area contributed by atoms with Crippen LogP contribution in [0.15, 0.2) is 36.5 Å². The van der Waals surface area contributed by atoms with Gasteiger partial charge in [-0.1, -0.05) is 23.7 Å². The summed E-state index contributed by atoms with van der Waals surface area (Å²) >= 11 is 6.05. The van der Waals surface area contributed by atoms with Gasteiger partial charge < -0.3 is 10.1 Å². The van der Waals surface area contributed by atoms with E-state index >= 15 is 0 Å². The van der Waals surface area contributed by atoms with Crippen molar-refractivity contribution >= 4 is 11.6 Å². The van der Waals surface area contributed by atoms with Crippen LogP contribution in [0.5, 0.6) is 5.75 Å². The first-order chi connectivity index (χ1) is 9.15. The highest BCUT2D eigenvalue weighted by molar-refractivity contribution is 6.32. The Labute approximate surface area is 118 Å². The zero-order chi connectivity index (χ0) is 13.8. The number of nitrogens with zero attached hydrogens (tertiary/aromatic N) is 1. The summed E-state index contributed by atoms with van der Waals surface area (Å²) in [6.07, 6.45) is 1.89. The van der Waals surface area contributed by atoms with Crippen molar-refractivity contribution < 1.29 is 4.74 Å². The second-order valence-corrected chi connectivity index (χ2v) is 4.76. The Morgan fingerprint density at radius 2 is 1.95 bits per heavy atom. The van der Waals surface area contributed by atoms with Crippen LogP contribution >= 0.6 is 11.6 Å². The van der Waals surface area contributed by atoms with Crippen LogP contribution in [0, 0.1) is 6.92 Å². The first-order valence-corrected chi connectivity index (χ1v) is 6.46. The minimum Gasteiger partial charge on any atom is -0.495 e. The Hall–Kier alpha value is -1.58. The quantitative estimate of drug-likeness (QED) is 0.930. The number of methoxy groups -OCH3 is 1. The molecular weight excluding hydrogens is 260 g/mol. The number of ether oxygens (including phenoxy) is 1. The summed E-state index contributed by atoms with van der Waals surface area (Å²) in [5, 5.41) is 3.90. The highest BCUT2D eigenvalue weighted by Crippen LogP contribution is 2.30. The molecule has 2 aromatic rings. The molecule has 0 aliphatic rings. The Balaban J connectivity index is 2.39. The molecule has 100 valence electrons. The lowest BCUT2D eigenvalue weighted by molar-refractivity contribution is 0.414. The Morgan fingerprint density at radius 3 is 2.53 bits per heavy atom. The smallest absolute Gasteiger partial charge is 0.137 e. The van der Waals surface area contributed by atoms with E-state index in [2.05, 4.69) is 16.4 Å².